The van der Waals surface area contributed by atoms with Crippen molar-refractivity contribution in [1.29, 1.82) is 0 Å². The van der Waals surface area contributed by atoms with E-state index < -0.39 is 34.5 Å². The van der Waals surface area contributed by atoms with Crippen LogP contribution in [0.15, 0.2) is 16.6 Å². The Morgan fingerprint density at radius 2 is 1.95 bits per heavy atom. The fourth-order valence-corrected chi connectivity index (χ4v) is 2.97. The maximum Gasteiger partial charge on any atom is 0.311 e. The number of aliphatic carboxylic acids is 1. The Bertz CT molecular complexity index is 585. The van der Waals surface area contributed by atoms with E-state index in [0.29, 0.717) is 6.42 Å². The first-order chi connectivity index (χ1) is 9.80. The van der Waals surface area contributed by atoms with Gasteiger partial charge < -0.3 is 10.0 Å². The smallest absolute Gasteiger partial charge is 0.311 e. The molecule has 7 heteroatoms. The standard InChI is InChI=1S/C14H14BrF2NO3/c1-2-14(13(20)21)3-4-18(7-14)12(19)11-9(16)5-8(15)6-10(11)17/h5-6H,2-4,7H2,1H3,(H,20,21). The third-order valence-electron chi connectivity index (χ3n) is 3.99. The number of likely N-dealkylation sites (tertiary alicyclic amines) is 1. The first-order valence-electron chi connectivity index (χ1n) is 6.48. The summed E-state index contributed by atoms with van der Waals surface area (Å²) in [6.45, 7) is 1.86. The SMILES string of the molecule is CCC1(C(=O)O)CCN(C(=O)c2c(F)cc(Br)cc2F)C1. The van der Waals surface area contributed by atoms with E-state index >= 15 is 0 Å². The highest BCUT2D eigenvalue weighted by molar-refractivity contribution is 9.10. The lowest BCUT2D eigenvalue weighted by Gasteiger charge is -2.23. The zero-order valence-electron chi connectivity index (χ0n) is 11.3. The number of hydrogen-bond acceptors (Lipinski definition) is 2. The van der Waals surface area contributed by atoms with E-state index in [9.17, 15) is 23.5 Å². The van der Waals surface area contributed by atoms with Crippen LogP contribution in [-0.4, -0.2) is 35.0 Å². The molecule has 1 N–H and O–H groups in total. The molecule has 1 aliphatic heterocycles. The van der Waals surface area contributed by atoms with Crippen LogP contribution in [0, 0.1) is 17.0 Å². The van der Waals surface area contributed by atoms with Gasteiger partial charge in [-0.15, -0.1) is 0 Å². The summed E-state index contributed by atoms with van der Waals surface area (Å²) < 4.78 is 27.8. The molecule has 0 spiro atoms. The van der Waals surface area contributed by atoms with Gasteiger partial charge >= 0.3 is 5.97 Å². The molecule has 21 heavy (non-hydrogen) atoms. The fourth-order valence-electron chi connectivity index (χ4n) is 2.56. The lowest BCUT2D eigenvalue weighted by atomic mass is 9.84. The predicted molar refractivity (Wildman–Crippen MR) is 74.9 cm³/mol. The largest absolute Gasteiger partial charge is 0.481 e. The van der Waals surface area contributed by atoms with Crippen LogP contribution in [0.5, 0.6) is 0 Å². The van der Waals surface area contributed by atoms with Gasteiger partial charge in [0.1, 0.15) is 17.2 Å². The summed E-state index contributed by atoms with van der Waals surface area (Å²) in [5.74, 6) is -3.72. The van der Waals surface area contributed by atoms with Crippen LogP contribution in [0.1, 0.15) is 30.1 Å². The molecule has 2 rings (SSSR count). The second kappa shape index (κ2) is 5.71. The highest BCUT2D eigenvalue weighted by Gasteiger charge is 2.45. The molecule has 114 valence electrons. The highest BCUT2D eigenvalue weighted by atomic mass is 79.9. The van der Waals surface area contributed by atoms with Crippen LogP contribution in [-0.2, 0) is 4.79 Å². The Morgan fingerprint density at radius 3 is 2.38 bits per heavy atom. The minimum absolute atomic E-state index is 0.0351. The second-order valence-electron chi connectivity index (χ2n) is 5.16. The van der Waals surface area contributed by atoms with Gasteiger partial charge in [-0.25, -0.2) is 8.78 Å². The molecule has 0 bridgehead atoms. The molecule has 4 nitrogen and oxygen atoms in total. The average molecular weight is 362 g/mol. The lowest BCUT2D eigenvalue weighted by Crippen LogP contribution is -2.37. The first-order valence-corrected chi connectivity index (χ1v) is 7.27. The summed E-state index contributed by atoms with van der Waals surface area (Å²) in [4.78, 5) is 24.8. The number of hydrogen-bond donors (Lipinski definition) is 1. The van der Waals surface area contributed by atoms with Crippen LogP contribution in [0.25, 0.3) is 0 Å². The van der Waals surface area contributed by atoms with Crippen LogP contribution in [0.3, 0.4) is 0 Å². The molecule has 1 unspecified atom stereocenters. The van der Waals surface area contributed by atoms with Crippen LogP contribution < -0.4 is 0 Å². The molecule has 0 radical (unpaired) electrons. The van der Waals surface area contributed by atoms with Gasteiger partial charge in [0.05, 0.1) is 5.41 Å². The monoisotopic (exact) mass is 361 g/mol. The summed E-state index contributed by atoms with van der Waals surface area (Å²) in [7, 11) is 0. The number of benzene rings is 1. The number of amides is 1. The minimum Gasteiger partial charge on any atom is -0.481 e. The number of carbonyl (C=O) groups excluding carboxylic acids is 1. The molecular weight excluding hydrogens is 348 g/mol. The third kappa shape index (κ3) is 2.79. The first kappa shape index (κ1) is 15.9. The van der Waals surface area contributed by atoms with Gasteiger partial charge in [-0.1, -0.05) is 22.9 Å². The number of carboxylic acid groups (broad SMARTS) is 1. The van der Waals surface area contributed by atoms with Gasteiger partial charge in [0.25, 0.3) is 5.91 Å². The molecule has 1 aromatic carbocycles. The van der Waals surface area contributed by atoms with Crippen molar-refractivity contribution in [1.82, 2.24) is 4.90 Å². The summed E-state index contributed by atoms with van der Waals surface area (Å²) in [5.41, 5.74) is -1.67. The van der Waals surface area contributed by atoms with Gasteiger partial charge in [-0.3, -0.25) is 9.59 Å². The van der Waals surface area contributed by atoms with Gasteiger partial charge in [-0.05, 0) is 25.0 Å². The number of rotatable bonds is 3. The minimum atomic E-state index is -1.03. The zero-order chi connectivity index (χ0) is 15.8. The molecule has 1 fully saturated rings. The topological polar surface area (TPSA) is 57.6 Å². The predicted octanol–water partition coefficient (Wildman–Crippen LogP) is 3.05. The summed E-state index contributed by atoms with van der Waals surface area (Å²) >= 11 is 2.95. The molecule has 1 aromatic rings. The van der Waals surface area contributed by atoms with Crippen LogP contribution in [0.4, 0.5) is 8.78 Å². The van der Waals surface area contributed by atoms with Crippen molar-refractivity contribution >= 4 is 27.8 Å². The Hall–Kier alpha value is -1.50. The van der Waals surface area contributed by atoms with E-state index in [1.54, 1.807) is 6.92 Å². The lowest BCUT2D eigenvalue weighted by molar-refractivity contribution is -0.148. The van der Waals surface area contributed by atoms with E-state index in [0.717, 1.165) is 12.1 Å². The van der Waals surface area contributed by atoms with Crippen molar-refractivity contribution in [3.63, 3.8) is 0 Å². The van der Waals surface area contributed by atoms with Crippen molar-refractivity contribution in [2.24, 2.45) is 5.41 Å². The molecule has 1 amide bonds. The van der Waals surface area contributed by atoms with E-state index in [-0.39, 0.29) is 24.0 Å². The molecule has 1 atom stereocenters. The van der Waals surface area contributed by atoms with Gasteiger partial charge in [-0.2, -0.15) is 0 Å². The Morgan fingerprint density at radius 1 is 1.38 bits per heavy atom. The van der Waals surface area contributed by atoms with Crippen molar-refractivity contribution in [3.05, 3.63) is 33.8 Å². The van der Waals surface area contributed by atoms with Crippen molar-refractivity contribution < 1.29 is 23.5 Å². The van der Waals surface area contributed by atoms with E-state index in [2.05, 4.69) is 15.9 Å². The zero-order valence-corrected chi connectivity index (χ0v) is 12.9. The maximum atomic E-state index is 13.8. The Labute approximate surface area is 128 Å². The van der Waals surface area contributed by atoms with Crippen molar-refractivity contribution in [2.45, 2.75) is 19.8 Å². The number of nitrogens with zero attached hydrogens (tertiary/aromatic N) is 1. The number of halogens is 3. The normalized spacial score (nSPS) is 21.6. The Balaban J connectivity index is 2.29. The molecule has 0 saturated carbocycles. The average Bonchev–Trinajstić information content (AvgIpc) is 2.83. The summed E-state index contributed by atoms with van der Waals surface area (Å²) in [6.07, 6.45) is 0.641. The van der Waals surface area contributed by atoms with Crippen LogP contribution >= 0.6 is 15.9 Å². The highest BCUT2D eigenvalue weighted by Crippen LogP contribution is 2.35. The molecular formula is C14H14BrF2NO3. The summed E-state index contributed by atoms with van der Waals surface area (Å²) in [5, 5.41) is 9.29. The fraction of sp³-hybridized carbons (Fsp3) is 0.429. The molecule has 1 saturated heterocycles. The van der Waals surface area contributed by atoms with Crippen LogP contribution in [0.2, 0.25) is 0 Å². The maximum absolute atomic E-state index is 13.8. The number of carbonyl (C=O) groups is 2. The van der Waals surface area contributed by atoms with E-state index in [1.807, 2.05) is 0 Å². The molecule has 0 aromatic heterocycles. The van der Waals surface area contributed by atoms with Crippen molar-refractivity contribution in [3.8, 4) is 0 Å². The van der Waals surface area contributed by atoms with E-state index in [1.165, 1.54) is 4.90 Å². The van der Waals surface area contributed by atoms with E-state index in [4.69, 9.17) is 0 Å². The number of carboxylic acids is 1. The molecule has 1 heterocycles. The quantitative estimate of drug-likeness (QED) is 0.899. The summed E-state index contributed by atoms with van der Waals surface area (Å²) in [6, 6.07) is 2.02. The second-order valence-corrected chi connectivity index (χ2v) is 6.08. The molecule has 1 aliphatic rings. The van der Waals surface area contributed by atoms with Crippen molar-refractivity contribution in [2.75, 3.05) is 13.1 Å². The van der Waals surface area contributed by atoms with Gasteiger partial charge in [0, 0.05) is 17.6 Å². The van der Waals surface area contributed by atoms with Gasteiger partial charge in [0.2, 0.25) is 0 Å². The third-order valence-corrected chi connectivity index (χ3v) is 4.45. The van der Waals surface area contributed by atoms with Gasteiger partial charge in [0.15, 0.2) is 0 Å². The Kier molecular flexibility index (Phi) is 4.32. The molecule has 0 aliphatic carbocycles.